The van der Waals surface area contributed by atoms with Crippen LogP contribution in [0.5, 0.6) is 0 Å². The van der Waals surface area contributed by atoms with Crippen LogP contribution in [0.25, 0.3) is 0 Å². The van der Waals surface area contributed by atoms with Gasteiger partial charge in [-0.05, 0) is 24.1 Å². The number of aliphatic hydroxyl groups excluding tert-OH is 5. The van der Waals surface area contributed by atoms with Gasteiger partial charge in [0.2, 0.25) is 0 Å². The molecule has 0 aliphatic heterocycles. The highest BCUT2D eigenvalue weighted by molar-refractivity contribution is 5.85. The molecule has 7 nitrogen and oxygen atoms in total. The number of aliphatic hydroxyl groups is 5. The predicted molar refractivity (Wildman–Crippen MR) is 112 cm³/mol. The highest BCUT2D eigenvalue weighted by Gasteiger charge is 2.31. The van der Waals surface area contributed by atoms with E-state index in [0.717, 1.165) is 43.4 Å². The number of nitrogens with two attached hydrogens (primary N) is 1. The summed E-state index contributed by atoms with van der Waals surface area (Å²) >= 11 is 0. The first kappa shape index (κ1) is 27.2. The van der Waals surface area contributed by atoms with E-state index in [-0.39, 0.29) is 19.0 Å². The van der Waals surface area contributed by atoms with E-state index >= 15 is 0 Å². The average Bonchev–Trinajstić information content (AvgIpc) is 2.69. The lowest BCUT2D eigenvalue weighted by Gasteiger charge is -2.30. The Morgan fingerprint density at radius 2 is 1.46 bits per heavy atom. The lowest BCUT2D eigenvalue weighted by atomic mass is 10.0. The number of hydrogen-bond donors (Lipinski definition) is 6. The summed E-state index contributed by atoms with van der Waals surface area (Å²) < 4.78 is 0. The van der Waals surface area contributed by atoms with Gasteiger partial charge in [0, 0.05) is 19.6 Å². The van der Waals surface area contributed by atoms with Gasteiger partial charge >= 0.3 is 0 Å². The molecule has 7 N–H and O–H groups in total. The Hall–Kier alpha value is -0.770. The molecular weight excluding hydrogens is 384 g/mol. The first-order valence-electron chi connectivity index (χ1n) is 9.76. The smallest absolute Gasteiger partial charge is 0.111 e. The molecule has 0 radical (unpaired) electrons. The van der Waals surface area contributed by atoms with Crippen LogP contribution in [0.1, 0.15) is 43.7 Å². The molecular formula is C20H37ClN2O5. The lowest BCUT2D eigenvalue weighted by Crippen LogP contribution is -2.49. The quantitative estimate of drug-likeness (QED) is 0.240. The van der Waals surface area contributed by atoms with Crippen LogP contribution >= 0.6 is 12.4 Å². The maximum absolute atomic E-state index is 10.3. The van der Waals surface area contributed by atoms with Gasteiger partial charge < -0.3 is 31.3 Å². The van der Waals surface area contributed by atoms with E-state index in [2.05, 4.69) is 6.92 Å². The van der Waals surface area contributed by atoms with Crippen molar-refractivity contribution in [3.05, 3.63) is 35.4 Å². The third-order valence-corrected chi connectivity index (χ3v) is 4.76. The largest absolute Gasteiger partial charge is 0.394 e. The van der Waals surface area contributed by atoms with Crippen molar-refractivity contribution in [2.75, 3.05) is 19.7 Å². The van der Waals surface area contributed by atoms with Crippen molar-refractivity contribution in [3.8, 4) is 0 Å². The third-order valence-electron chi connectivity index (χ3n) is 4.76. The second-order valence-electron chi connectivity index (χ2n) is 7.11. The fraction of sp³-hybridized carbons (Fsp3) is 0.700. The van der Waals surface area contributed by atoms with Gasteiger partial charge in [0.25, 0.3) is 0 Å². The first-order valence-corrected chi connectivity index (χ1v) is 9.76. The lowest BCUT2D eigenvalue weighted by molar-refractivity contribution is -0.119. The van der Waals surface area contributed by atoms with Gasteiger partial charge in [-0.2, -0.15) is 0 Å². The fourth-order valence-electron chi connectivity index (χ4n) is 2.97. The number of nitrogens with zero attached hydrogens (tertiary/aromatic N) is 1. The second-order valence-corrected chi connectivity index (χ2v) is 7.11. The predicted octanol–water partition coefficient (Wildman–Crippen LogP) is 0.385. The van der Waals surface area contributed by atoms with Crippen molar-refractivity contribution in [2.45, 2.75) is 70.1 Å². The van der Waals surface area contributed by atoms with Crippen molar-refractivity contribution >= 4 is 12.4 Å². The molecule has 0 bridgehead atoms. The molecule has 0 aliphatic carbocycles. The van der Waals surface area contributed by atoms with Crippen molar-refractivity contribution < 1.29 is 25.5 Å². The summed E-state index contributed by atoms with van der Waals surface area (Å²) in [5.41, 5.74) is 7.74. The van der Waals surface area contributed by atoms with Gasteiger partial charge in [-0.15, -0.1) is 12.4 Å². The van der Waals surface area contributed by atoms with E-state index in [1.165, 1.54) is 0 Å². The zero-order valence-electron chi connectivity index (χ0n) is 16.7. The summed E-state index contributed by atoms with van der Waals surface area (Å²) in [4.78, 5) is 2.03. The molecule has 1 aromatic carbocycles. The third kappa shape index (κ3) is 9.62. The van der Waals surface area contributed by atoms with Crippen LogP contribution in [-0.4, -0.2) is 74.5 Å². The molecule has 8 heteroatoms. The molecule has 0 fully saturated rings. The molecule has 0 heterocycles. The molecule has 4 atom stereocenters. The molecule has 0 amide bonds. The van der Waals surface area contributed by atoms with Crippen LogP contribution < -0.4 is 5.73 Å². The minimum Gasteiger partial charge on any atom is -0.394 e. The Morgan fingerprint density at radius 1 is 0.893 bits per heavy atom. The van der Waals surface area contributed by atoms with Gasteiger partial charge in [-0.3, -0.25) is 4.90 Å². The normalized spacial score (nSPS) is 15.7. The van der Waals surface area contributed by atoms with Crippen LogP contribution in [0.4, 0.5) is 0 Å². The topological polar surface area (TPSA) is 130 Å². The number of unbranched alkanes of at least 4 members (excludes halogenated alkanes) is 3. The minimum atomic E-state index is -1.60. The summed E-state index contributed by atoms with van der Waals surface area (Å²) in [6.07, 6.45) is -1.53. The maximum atomic E-state index is 10.3. The van der Waals surface area contributed by atoms with E-state index in [1.54, 1.807) is 0 Å². The molecule has 0 saturated heterocycles. The second kappa shape index (κ2) is 15.1. The maximum Gasteiger partial charge on any atom is 0.111 e. The first-order chi connectivity index (χ1) is 12.9. The molecule has 0 saturated carbocycles. The number of halogens is 1. The number of benzene rings is 1. The summed E-state index contributed by atoms with van der Waals surface area (Å²) in [5.74, 6) is 0. The standard InChI is InChI=1S/C20H36N2O5.ClH/c1-2-3-4-5-10-22(12-16-8-6-15(11-21)7-9-16)13-17(24)19(26)20(27)18(25)14-23;/h6-9,17-20,23-27H,2-5,10-14,21H2,1H3;1H/t17-,18+,19+,20+;/m0./s1. The van der Waals surface area contributed by atoms with Gasteiger partial charge in [-0.1, -0.05) is 50.5 Å². The van der Waals surface area contributed by atoms with Gasteiger partial charge in [0.05, 0.1) is 12.7 Å². The van der Waals surface area contributed by atoms with E-state index in [4.69, 9.17) is 10.8 Å². The Labute approximate surface area is 174 Å². The molecule has 1 aromatic rings. The monoisotopic (exact) mass is 420 g/mol. The van der Waals surface area contributed by atoms with Gasteiger partial charge in [-0.25, -0.2) is 0 Å². The summed E-state index contributed by atoms with van der Waals surface area (Å²) in [6, 6.07) is 7.93. The average molecular weight is 421 g/mol. The molecule has 0 aliphatic rings. The number of rotatable bonds is 14. The van der Waals surface area contributed by atoms with Crippen molar-refractivity contribution in [3.63, 3.8) is 0 Å². The zero-order chi connectivity index (χ0) is 20.2. The molecule has 1 rings (SSSR count). The highest BCUT2D eigenvalue weighted by Crippen LogP contribution is 2.13. The van der Waals surface area contributed by atoms with Crippen molar-refractivity contribution in [2.24, 2.45) is 5.73 Å². The summed E-state index contributed by atoms with van der Waals surface area (Å²) in [6.45, 7) is 3.45. The van der Waals surface area contributed by atoms with Gasteiger partial charge in [0.15, 0.2) is 0 Å². The van der Waals surface area contributed by atoms with Crippen LogP contribution in [0.3, 0.4) is 0 Å². The van der Waals surface area contributed by atoms with Crippen molar-refractivity contribution in [1.82, 2.24) is 4.90 Å². The van der Waals surface area contributed by atoms with Crippen LogP contribution in [0.2, 0.25) is 0 Å². The van der Waals surface area contributed by atoms with E-state index < -0.39 is 31.0 Å². The zero-order valence-corrected chi connectivity index (χ0v) is 17.5. The molecule has 28 heavy (non-hydrogen) atoms. The molecule has 0 aromatic heterocycles. The Morgan fingerprint density at radius 3 is 2.00 bits per heavy atom. The summed E-state index contributed by atoms with van der Waals surface area (Å²) in [5, 5.41) is 48.6. The Bertz CT molecular complexity index is 506. The van der Waals surface area contributed by atoms with E-state index in [9.17, 15) is 20.4 Å². The number of hydrogen-bond acceptors (Lipinski definition) is 7. The van der Waals surface area contributed by atoms with Crippen LogP contribution in [0.15, 0.2) is 24.3 Å². The summed E-state index contributed by atoms with van der Waals surface area (Å²) in [7, 11) is 0. The molecule has 0 unspecified atom stereocenters. The highest BCUT2D eigenvalue weighted by atomic mass is 35.5. The fourth-order valence-corrected chi connectivity index (χ4v) is 2.97. The van der Waals surface area contributed by atoms with E-state index in [0.29, 0.717) is 13.1 Å². The van der Waals surface area contributed by atoms with Crippen LogP contribution in [-0.2, 0) is 13.1 Å². The van der Waals surface area contributed by atoms with Crippen LogP contribution in [0, 0.1) is 0 Å². The SMILES string of the molecule is CCCCCCN(Cc1ccc(CN)cc1)C[C@H](O)[C@@H](O)[C@H](O)[C@H](O)CO.Cl. The van der Waals surface area contributed by atoms with E-state index in [1.807, 2.05) is 29.2 Å². The molecule has 0 spiro atoms. The Balaban J connectivity index is 0.00000729. The van der Waals surface area contributed by atoms with Gasteiger partial charge in [0.1, 0.15) is 18.3 Å². The minimum absolute atomic E-state index is 0. The van der Waals surface area contributed by atoms with Crippen molar-refractivity contribution in [1.29, 1.82) is 0 Å². The molecule has 164 valence electrons. The Kier molecular flexibility index (Phi) is 14.7.